The van der Waals surface area contributed by atoms with Gasteiger partial charge in [0.2, 0.25) is 82.7 Å². The highest BCUT2D eigenvalue weighted by molar-refractivity contribution is 7.98. The highest BCUT2D eigenvalue weighted by atomic mass is 32.2. The number of carbonyl (C=O) groups excluding carboxylic acids is 14. The predicted molar refractivity (Wildman–Crippen MR) is 368 cm³/mol. The van der Waals surface area contributed by atoms with Gasteiger partial charge in [0.25, 0.3) is 0 Å². The first-order valence-corrected chi connectivity index (χ1v) is 33.6. The molecule has 1 heterocycles. The zero-order valence-electron chi connectivity index (χ0n) is 57.1. The van der Waals surface area contributed by atoms with Gasteiger partial charge in [-0.25, -0.2) is 0 Å². The monoisotopic (exact) mass is 1440 g/mol. The highest BCUT2D eigenvalue weighted by Gasteiger charge is 2.36. The molecule has 564 valence electrons. The van der Waals surface area contributed by atoms with Crippen molar-refractivity contribution in [2.75, 3.05) is 77.6 Å². The zero-order chi connectivity index (χ0) is 75.6. The molecule has 0 aliphatic carbocycles. The van der Waals surface area contributed by atoms with Gasteiger partial charge in [0.05, 0.1) is 32.8 Å². The fourth-order valence-corrected chi connectivity index (χ4v) is 9.93. The number of rotatable bonds is 48. The molecule has 1 aliphatic heterocycles. The van der Waals surface area contributed by atoms with Crippen LogP contribution in [0.5, 0.6) is 0 Å². The van der Waals surface area contributed by atoms with E-state index in [4.69, 9.17) is 51.6 Å². The summed E-state index contributed by atoms with van der Waals surface area (Å²) in [6.45, 7) is 2.11. The molecule has 0 aromatic carbocycles. The maximum absolute atomic E-state index is 14.4. The van der Waals surface area contributed by atoms with E-state index >= 15 is 0 Å². The first-order chi connectivity index (χ1) is 47.1. The van der Waals surface area contributed by atoms with Crippen LogP contribution in [0.15, 0.2) is 20.0 Å². The quantitative estimate of drug-likeness (QED) is 0.0153. The van der Waals surface area contributed by atoms with Crippen LogP contribution < -0.4 is 115 Å². The van der Waals surface area contributed by atoms with Crippen LogP contribution >= 0.6 is 11.8 Å². The standard InChI is InChI=1S/C57H104N26O16S/c1-29(2)23-37(80-48(94)34(13-8-19-69-56(63)64)78-50(96)36(16-22-100-5)76-43(89)26-73-53(99)40-15-10-21-83(40)31(4)86)51(97)79-35(14-9-20-70-57(65)66)49(95)81-38(27-84)46(92)72-25-42(88)75-33(12-7-18-68-55(61)62)47(93)82-39(28-85)52(98)77-32(11-6-17-67-54(59)60)45(91)71-24-41(87)74-30(3)44(58)90/h29-30,32-40,84-85H,6-28H2,1-5H3,(H2,58,90)(H,71,91)(H,72,92)(H,73,99)(H,74,87)(H,75,88)(H,76,89)(H,77,98)(H,78,96)(H,79,97)(H,80,94)(H,81,95)(H,82,93)(H4,59,60,67)(H4,61,62,68)(H4,63,64,69)(H4,65,66,70)/t30-,32-,33-,34-,35-,36-,37-,38-,39-,40-/m0/s1. The van der Waals surface area contributed by atoms with Gasteiger partial charge in [-0.3, -0.25) is 87.1 Å². The van der Waals surface area contributed by atoms with Crippen LogP contribution in [0.25, 0.3) is 0 Å². The second kappa shape index (κ2) is 47.8. The van der Waals surface area contributed by atoms with Crippen molar-refractivity contribution in [1.29, 1.82) is 0 Å². The van der Waals surface area contributed by atoms with Crippen LogP contribution in [0.3, 0.4) is 0 Å². The summed E-state index contributed by atoms with van der Waals surface area (Å²) in [5, 5.41) is 49.8. The lowest BCUT2D eigenvalue weighted by atomic mass is 10.0. The summed E-state index contributed by atoms with van der Waals surface area (Å²) >= 11 is 1.36. The van der Waals surface area contributed by atoms with Crippen LogP contribution in [0, 0.1) is 5.92 Å². The molecular formula is C57H104N26O16S. The number of primary amides is 1. The molecule has 0 bridgehead atoms. The Bertz CT molecular complexity index is 2890. The molecule has 1 fully saturated rings. The van der Waals surface area contributed by atoms with Gasteiger partial charge in [-0.15, -0.1) is 0 Å². The Hall–Kier alpha value is -10.1. The van der Waals surface area contributed by atoms with Crippen molar-refractivity contribution in [3.8, 4) is 0 Å². The van der Waals surface area contributed by atoms with E-state index in [1.165, 1.54) is 30.5 Å². The zero-order valence-corrected chi connectivity index (χ0v) is 57.9. The third kappa shape index (κ3) is 36.5. The first kappa shape index (κ1) is 87.9. The maximum Gasteiger partial charge on any atom is 0.245 e. The Morgan fingerprint density at radius 2 is 0.760 bits per heavy atom. The molecule has 1 aliphatic rings. The molecule has 0 spiro atoms. The van der Waals surface area contributed by atoms with Gasteiger partial charge in [0.1, 0.15) is 60.4 Å². The SMILES string of the molecule is CSCC[C@H](NC(=O)CNC(=O)[C@@H]1CCCN1C(C)=O)C(=O)N[C@@H](CCCN=C(N)N)C(=O)N[C@@H](CC(C)C)C(=O)N[C@@H](CCCN=C(N)N)C(=O)N[C@@H](CO)C(=O)NCC(=O)N[C@@H](CCCN=C(N)N)C(=O)N[C@@H](CO)C(=O)N[C@@H](CCCN=C(N)N)C(=O)NCC(=O)N[C@@H](C)C(N)=O. The number of aliphatic hydroxyl groups excluding tert-OH is 2. The molecule has 1 saturated heterocycles. The smallest absolute Gasteiger partial charge is 0.245 e. The van der Waals surface area contributed by atoms with E-state index in [0.717, 1.165) is 0 Å². The molecule has 0 aromatic rings. The van der Waals surface area contributed by atoms with Crippen molar-refractivity contribution in [1.82, 2.24) is 68.7 Å². The van der Waals surface area contributed by atoms with Crippen LogP contribution in [0.4, 0.5) is 0 Å². The molecule has 0 saturated carbocycles. The number of aliphatic hydroxyl groups is 2. The van der Waals surface area contributed by atoms with Gasteiger partial charge < -0.3 is 131 Å². The second-order valence-electron chi connectivity index (χ2n) is 23.4. The summed E-state index contributed by atoms with van der Waals surface area (Å²) in [6.07, 6.45) is 2.37. The molecule has 14 amide bonds. The minimum atomic E-state index is -1.81. The summed E-state index contributed by atoms with van der Waals surface area (Å²) in [5.41, 5.74) is 48.9. The number of aliphatic imine (C=N–C) groups is 4. The molecule has 1 rings (SSSR count). The lowest BCUT2D eigenvalue weighted by molar-refractivity contribution is -0.137. The van der Waals surface area contributed by atoms with E-state index in [1.807, 2.05) is 0 Å². The van der Waals surface area contributed by atoms with Crippen LogP contribution in [-0.2, 0) is 67.1 Å². The Morgan fingerprint density at radius 1 is 0.440 bits per heavy atom. The van der Waals surface area contributed by atoms with E-state index < -0.39 is 170 Å². The Morgan fingerprint density at radius 3 is 1.13 bits per heavy atom. The van der Waals surface area contributed by atoms with E-state index in [9.17, 15) is 77.3 Å². The Balaban J connectivity index is 3.43. The average Bonchev–Trinajstić information content (AvgIpc) is 1.47. The fraction of sp³-hybridized carbons (Fsp3) is 0.684. The van der Waals surface area contributed by atoms with E-state index in [-0.39, 0.29) is 126 Å². The van der Waals surface area contributed by atoms with Crippen molar-refractivity contribution in [3.05, 3.63) is 0 Å². The molecule has 32 N–H and O–H groups in total. The summed E-state index contributed by atoms with van der Waals surface area (Å²) in [5.74, 6) is -13.2. The fourth-order valence-electron chi connectivity index (χ4n) is 9.46. The minimum Gasteiger partial charge on any atom is -0.394 e. The molecular weight excluding hydrogens is 1340 g/mol. The summed E-state index contributed by atoms with van der Waals surface area (Å²) in [7, 11) is 0. The highest BCUT2D eigenvalue weighted by Crippen LogP contribution is 2.17. The number of thioether (sulfide) groups is 1. The molecule has 0 unspecified atom stereocenters. The maximum atomic E-state index is 14.4. The molecule has 42 nitrogen and oxygen atoms in total. The van der Waals surface area contributed by atoms with Gasteiger partial charge in [0, 0.05) is 39.6 Å². The number of carbonyl (C=O) groups is 14. The van der Waals surface area contributed by atoms with Crippen molar-refractivity contribution in [2.24, 2.45) is 77.5 Å². The minimum absolute atomic E-state index is 0.00565. The van der Waals surface area contributed by atoms with Crippen molar-refractivity contribution >= 4 is 118 Å². The number of nitrogens with zero attached hydrogens (tertiary/aromatic N) is 5. The van der Waals surface area contributed by atoms with E-state index in [2.05, 4.69) is 83.8 Å². The molecule has 43 heteroatoms. The van der Waals surface area contributed by atoms with Gasteiger partial charge in [-0.1, -0.05) is 13.8 Å². The third-order valence-electron chi connectivity index (χ3n) is 14.6. The van der Waals surface area contributed by atoms with Crippen molar-refractivity contribution in [3.63, 3.8) is 0 Å². The summed E-state index contributed by atoms with van der Waals surface area (Å²) < 4.78 is 0. The van der Waals surface area contributed by atoms with Gasteiger partial charge in [-0.05, 0) is 102 Å². The summed E-state index contributed by atoms with van der Waals surface area (Å²) in [4.78, 5) is 204. The lowest BCUT2D eigenvalue weighted by Gasteiger charge is -2.28. The normalized spacial score (nSPS) is 15.0. The summed E-state index contributed by atoms with van der Waals surface area (Å²) in [6, 6.07) is -14.0. The number of hydrogen-bond acceptors (Lipinski definition) is 21. The Kier molecular flexibility index (Phi) is 42.0. The van der Waals surface area contributed by atoms with Gasteiger partial charge in [0.15, 0.2) is 23.8 Å². The largest absolute Gasteiger partial charge is 0.394 e. The van der Waals surface area contributed by atoms with Crippen molar-refractivity contribution in [2.45, 2.75) is 165 Å². The molecule has 100 heavy (non-hydrogen) atoms. The second-order valence-corrected chi connectivity index (χ2v) is 24.4. The molecule has 0 aromatic heterocycles. The predicted octanol–water partition coefficient (Wildman–Crippen LogP) is -11.8. The lowest BCUT2D eigenvalue weighted by Crippen LogP contribution is -2.60. The molecule has 10 atom stereocenters. The Labute approximate surface area is 582 Å². The van der Waals surface area contributed by atoms with E-state index in [1.54, 1.807) is 20.1 Å². The van der Waals surface area contributed by atoms with Crippen LogP contribution in [-0.4, -0.2) is 260 Å². The topological polar surface area (TPSA) is 711 Å². The number of hydrogen-bond donors (Lipinski definition) is 23. The first-order valence-electron chi connectivity index (χ1n) is 32.2. The molecule has 0 radical (unpaired) electrons. The number of likely N-dealkylation sites (tertiary alicyclic amines) is 1. The van der Waals surface area contributed by atoms with Gasteiger partial charge in [-0.2, -0.15) is 11.8 Å². The number of nitrogens with two attached hydrogens (primary N) is 9. The average molecular weight is 1440 g/mol. The van der Waals surface area contributed by atoms with E-state index in [0.29, 0.717) is 25.1 Å². The number of amides is 14. The van der Waals surface area contributed by atoms with Gasteiger partial charge >= 0.3 is 0 Å². The number of nitrogens with one attached hydrogen (secondary N) is 12. The van der Waals surface area contributed by atoms with Crippen LogP contribution in [0.1, 0.15) is 105 Å². The van der Waals surface area contributed by atoms with Crippen molar-refractivity contribution < 1.29 is 77.3 Å². The number of guanidine groups is 4. The van der Waals surface area contributed by atoms with Crippen LogP contribution in [0.2, 0.25) is 0 Å². The third-order valence-corrected chi connectivity index (χ3v) is 15.2.